The highest BCUT2D eigenvalue weighted by Gasteiger charge is 2.16. The Kier molecular flexibility index (Phi) is 14.4. The lowest BCUT2D eigenvalue weighted by atomic mass is 9.91. The summed E-state index contributed by atoms with van der Waals surface area (Å²) in [6.45, 7) is 4.62. The van der Waals surface area contributed by atoms with Crippen LogP contribution in [0.1, 0.15) is 153 Å². The molecule has 0 saturated heterocycles. The normalized spacial score (nSPS) is 11.9. The van der Waals surface area contributed by atoms with Crippen LogP contribution in [0.15, 0.2) is 35.0 Å². The molecule has 0 unspecified atom stereocenters. The van der Waals surface area contributed by atoms with E-state index in [1.807, 2.05) is 22.7 Å². The Morgan fingerprint density at radius 3 is 1.10 bits per heavy atom. The van der Waals surface area contributed by atoms with E-state index in [4.69, 9.17) is 0 Å². The van der Waals surface area contributed by atoms with E-state index in [1.165, 1.54) is 161 Å². The summed E-state index contributed by atoms with van der Waals surface area (Å²) < 4.78 is 3.05. The molecule has 220 valence electrons. The van der Waals surface area contributed by atoms with E-state index in [2.05, 4.69) is 48.9 Å². The van der Waals surface area contributed by atoms with Gasteiger partial charge < -0.3 is 0 Å². The van der Waals surface area contributed by atoms with Gasteiger partial charge in [0, 0.05) is 20.2 Å². The molecule has 0 aliphatic heterocycles. The number of aryl methyl sites for hydroxylation is 2. The molecular weight excluding hydrogens is 521 g/mol. The zero-order chi connectivity index (χ0) is 27.8. The maximum absolute atomic E-state index is 2.55. The summed E-state index contributed by atoms with van der Waals surface area (Å²) in [6.07, 6.45) is 30.6. The molecule has 0 N–H and O–H groups in total. The number of hydrogen-bond acceptors (Lipinski definition) is 2. The highest BCUT2D eigenvalue weighted by molar-refractivity contribution is 7.19. The van der Waals surface area contributed by atoms with Crippen LogP contribution in [0.3, 0.4) is 0 Å². The van der Waals surface area contributed by atoms with Gasteiger partial charge in [-0.1, -0.05) is 129 Å². The van der Waals surface area contributed by atoms with Crippen molar-refractivity contribution in [2.75, 3.05) is 0 Å². The van der Waals surface area contributed by atoms with Crippen LogP contribution in [0.5, 0.6) is 0 Å². The molecule has 4 rings (SSSR count). The van der Waals surface area contributed by atoms with Crippen LogP contribution in [-0.2, 0) is 12.8 Å². The fourth-order valence-electron chi connectivity index (χ4n) is 6.63. The average molecular weight is 577 g/mol. The van der Waals surface area contributed by atoms with Crippen LogP contribution in [0, 0.1) is 0 Å². The smallest absolute Gasteiger partial charge is 0.0424 e. The first-order valence-electron chi connectivity index (χ1n) is 17.1. The third-order valence-corrected chi connectivity index (χ3v) is 10.9. The van der Waals surface area contributed by atoms with Gasteiger partial charge in [-0.15, -0.1) is 22.7 Å². The van der Waals surface area contributed by atoms with Crippen molar-refractivity contribution in [3.05, 3.63) is 46.2 Å². The molecule has 0 atom stereocenters. The van der Waals surface area contributed by atoms with Gasteiger partial charge in [0.1, 0.15) is 0 Å². The first kappa shape index (κ1) is 31.6. The number of rotatable bonds is 22. The lowest BCUT2D eigenvalue weighted by molar-refractivity contribution is 0.556. The summed E-state index contributed by atoms with van der Waals surface area (Å²) in [7, 11) is 0. The lowest BCUT2D eigenvalue weighted by Crippen LogP contribution is -1.94. The highest BCUT2D eigenvalue weighted by Crippen LogP contribution is 2.42. The SMILES string of the molecule is CCCCCCCCCCCCc1cc2ccsc2c2c(CCCCCCCCCCCC)cc3ccsc3c12. The molecule has 4 aromatic rings. The van der Waals surface area contributed by atoms with Crippen LogP contribution in [-0.4, -0.2) is 0 Å². The molecule has 0 saturated carbocycles. The second-order valence-electron chi connectivity index (χ2n) is 12.4. The molecular formula is C38H56S2. The Morgan fingerprint density at radius 1 is 0.425 bits per heavy atom. The molecule has 2 heterocycles. The van der Waals surface area contributed by atoms with Crippen LogP contribution >= 0.6 is 22.7 Å². The molecule has 2 heteroatoms. The molecule has 0 amide bonds. The second kappa shape index (κ2) is 18.2. The first-order valence-corrected chi connectivity index (χ1v) is 18.9. The van der Waals surface area contributed by atoms with Gasteiger partial charge in [-0.05, 0) is 82.6 Å². The maximum atomic E-state index is 2.55. The van der Waals surface area contributed by atoms with Crippen molar-refractivity contribution >= 4 is 53.6 Å². The van der Waals surface area contributed by atoms with Crippen LogP contribution in [0.2, 0.25) is 0 Å². The van der Waals surface area contributed by atoms with E-state index in [0.717, 1.165) is 0 Å². The van der Waals surface area contributed by atoms with E-state index in [-0.39, 0.29) is 0 Å². The predicted molar refractivity (Wildman–Crippen MR) is 186 cm³/mol. The van der Waals surface area contributed by atoms with Crippen LogP contribution in [0.4, 0.5) is 0 Å². The van der Waals surface area contributed by atoms with E-state index in [9.17, 15) is 0 Å². The number of unbranched alkanes of at least 4 members (excludes halogenated alkanes) is 18. The molecule has 40 heavy (non-hydrogen) atoms. The number of fused-ring (bicyclic) bond motifs is 5. The Labute approximate surface area is 254 Å². The van der Waals surface area contributed by atoms with Crippen molar-refractivity contribution in [2.45, 2.75) is 155 Å². The van der Waals surface area contributed by atoms with Gasteiger partial charge in [0.05, 0.1) is 0 Å². The van der Waals surface area contributed by atoms with Crippen molar-refractivity contribution in [3.8, 4) is 0 Å². The Balaban J connectivity index is 1.36. The molecule has 0 aliphatic rings. The third kappa shape index (κ3) is 9.32. The van der Waals surface area contributed by atoms with Gasteiger partial charge in [0.2, 0.25) is 0 Å². The quantitative estimate of drug-likeness (QED) is 0.0816. The Hall–Kier alpha value is -1.38. The summed E-state index contributed by atoms with van der Waals surface area (Å²) in [5, 5.41) is 10.8. The highest BCUT2D eigenvalue weighted by atomic mass is 32.1. The minimum absolute atomic E-state index is 1.23. The predicted octanol–water partition coefficient (Wildman–Crippen LogP) is 14.2. The summed E-state index contributed by atoms with van der Waals surface area (Å²) in [6, 6.07) is 9.82. The van der Waals surface area contributed by atoms with Gasteiger partial charge in [-0.25, -0.2) is 0 Å². The molecule has 2 aromatic heterocycles. The molecule has 0 spiro atoms. The molecule has 0 aliphatic carbocycles. The lowest BCUT2D eigenvalue weighted by Gasteiger charge is -2.14. The monoisotopic (exact) mass is 576 g/mol. The zero-order valence-corrected chi connectivity index (χ0v) is 27.5. The summed E-state index contributed by atoms with van der Waals surface area (Å²) in [5.74, 6) is 0. The largest absolute Gasteiger partial charge is 0.143 e. The average Bonchev–Trinajstić information content (AvgIpc) is 3.64. The van der Waals surface area contributed by atoms with Crippen molar-refractivity contribution in [2.24, 2.45) is 0 Å². The minimum Gasteiger partial charge on any atom is -0.143 e. The fourth-order valence-corrected chi connectivity index (χ4v) is 8.56. The molecule has 0 bridgehead atoms. The van der Waals surface area contributed by atoms with Crippen molar-refractivity contribution in [3.63, 3.8) is 0 Å². The molecule has 0 nitrogen and oxygen atoms in total. The summed E-state index contributed by atoms with van der Waals surface area (Å²) in [5.41, 5.74) is 3.22. The van der Waals surface area contributed by atoms with Crippen LogP contribution in [0.25, 0.3) is 30.9 Å². The fraction of sp³-hybridized carbons (Fsp3) is 0.632. The van der Waals surface area contributed by atoms with E-state index < -0.39 is 0 Å². The van der Waals surface area contributed by atoms with E-state index in [0.29, 0.717) is 0 Å². The molecule has 0 fully saturated rings. The van der Waals surface area contributed by atoms with Crippen LogP contribution < -0.4 is 0 Å². The number of hydrogen-bond donors (Lipinski definition) is 0. The standard InChI is InChI=1S/C38H56S2/c1-3-5-7-9-11-13-15-17-19-21-23-31-29-33-25-27-40-38(33)36-32(30-34-26-28-39-37(34)35(31)36)24-22-20-18-16-14-12-10-8-6-4-2/h25-30H,3-24H2,1-2H3. The van der Waals surface area contributed by atoms with Gasteiger partial charge >= 0.3 is 0 Å². The van der Waals surface area contributed by atoms with Gasteiger partial charge in [-0.2, -0.15) is 0 Å². The van der Waals surface area contributed by atoms with Crippen molar-refractivity contribution in [1.29, 1.82) is 0 Å². The first-order chi connectivity index (χ1) is 19.8. The van der Waals surface area contributed by atoms with Crippen molar-refractivity contribution in [1.82, 2.24) is 0 Å². The maximum Gasteiger partial charge on any atom is 0.0424 e. The zero-order valence-electron chi connectivity index (χ0n) is 25.8. The number of benzene rings is 2. The summed E-state index contributed by atoms with van der Waals surface area (Å²) in [4.78, 5) is 0. The third-order valence-electron chi connectivity index (χ3n) is 9.00. The van der Waals surface area contributed by atoms with Crippen molar-refractivity contribution < 1.29 is 0 Å². The molecule has 2 aromatic carbocycles. The van der Waals surface area contributed by atoms with E-state index in [1.54, 1.807) is 21.9 Å². The Morgan fingerprint density at radius 2 is 0.750 bits per heavy atom. The summed E-state index contributed by atoms with van der Waals surface area (Å²) >= 11 is 3.92. The second-order valence-corrected chi connectivity index (χ2v) is 14.2. The molecule has 0 radical (unpaired) electrons. The topological polar surface area (TPSA) is 0 Å². The van der Waals surface area contributed by atoms with Gasteiger partial charge in [-0.3, -0.25) is 0 Å². The van der Waals surface area contributed by atoms with E-state index >= 15 is 0 Å². The van der Waals surface area contributed by atoms with Gasteiger partial charge in [0.25, 0.3) is 0 Å². The number of thiophene rings is 2. The van der Waals surface area contributed by atoms with Gasteiger partial charge in [0.15, 0.2) is 0 Å². The Bertz CT molecular complexity index is 1150. The minimum atomic E-state index is 1.23.